The molecule has 0 atom stereocenters. The van der Waals surface area contributed by atoms with Crippen molar-refractivity contribution in [2.24, 2.45) is 0 Å². The maximum absolute atomic E-state index is 12.1. The minimum absolute atomic E-state index is 0.0769. The molecule has 2 aromatic heterocycles. The van der Waals surface area contributed by atoms with Crippen LogP contribution >= 0.6 is 22.7 Å². The lowest BCUT2D eigenvalue weighted by atomic mass is 10.2. The van der Waals surface area contributed by atoms with Crippen LogP contribution in [0, 0.1) is 0 Å². The quantitative estimate of drug-likeness (QED) is 0.852. The molecule has 1 saturated heterocycles. The lowest BCUT2D eigenvalue weighted by Gasteiger charge is -2.25. The summed E-state index contributed by atoms with van der Waals surface area (Å²) in [6, 6.07) is 3.92. The number of piperazine rings is 1. The second-order valence-corrected chi connectivity index (χ2v) is 6.33. The van der Waals surface area contributed by atoms with Crippen molar-refractivity contribution in [1.82, 2.24) is 15.2 Å². The number of amides is 3. The first kappa shape index (κ1) is 13.9. The summed E-state index contributed by atoms with van der Waals surface area (Å²) in [6.45, 7) is -0.154. The standard InChI is InChI=1S/C13H11N3O3S2/c17-10-5-16(6-11(18)15-10)12(19)4-8-7-21-13(14-8)9-2-1-3-20-9/h1-3,7H,4-6H2,(H,15,17,18). The van der Waals surface area contributed by atoms with Crippen LogP contribution in [0.3, 0.4) is 0 Å². The normalized spacial score (nSPS) is 15.1. The Morgan fingerprint density at radius 3 is 2.71 bits per heavy atom. The molecule has 8 heteroatoms. The van der Waals surface area contributed by atoms with Gasteiger partial charge in [-0.3, -0.25) is 19.7 Å². The largest absolute Gasteiger partial charge is 0.324 e. The van der Waals surface area contributed by atoms with E-state index in [4.69, 9.17) is 0 Å². The molecular formula is C13H11N3O3S2. The van der Waals surface area contributed by atoms with Crippen LogP contribution in [0.4, 0.5) is 0 Å². The second-order valence-electron chi connectivity index (χ2n) is 4.52. The summed E-state index contributed by atoms with van der Waals surface area (Å²) < 4.78 is 0. The summed E-state index contributed by atoms with van der Waals surface area (Å²) in [5.41, 5.74) is 0.659. The Morgan fingerprint density at radius 2 is 2.05 bits per heavy atom. The smallest absolute Gasteiger partial charge is 0.246 e. The fraction of sp³-hybridized carbons (Fsp3) is 0.231. The zero-order valence-electron chi connectivity index (χ0n) is 10.9. The Morgan fingerprint density at radius 1 is 1.29 bits per heavy atom. The molecule has 0 saturated carbocycles. The molecule has 0 aromatic carbocycles. The van der Waals surface area contributed by atoms with E-state index in [1.807, 2.05) is 22.9 Å². The van der Waals surface area contributed by atoms with E-state index in [2.05, 4.69) is 10.3 Å². The number of nitrogens with one attached hydrogen (secondary N) is 1. The fourth-order valence-corrected chi connectivity index (χ4v) is 3.62. The van der Waals surface area contributed by atoms with Crippen LogP contribution < -0.4 is 5.32 Å². The molecular weight excluding hydrogens is 310 g/mol. The first-order valence-corrected chi connectivity index (χ1v) is 7.96. The van der Waals surface area contributed by atoms with Gasteiger partial charge in [-0.2, -0.15) is 0 Å². The maximum atomic E-state index is 12.1. The molecule has 3 rings (SSSR count). The van der Waals surface area contributed by atoms with Gasteiger partial charge in [-0.25, -0.2) is 4.98 Å². The Kier molecular flexibility index (Phi) is 3.80. The number of carbonyl (C=O) groups excluding carboxylic acids is 3. The first-order chi connectivity index (χ1) is 10.1. The molecule has 0 bridgehead atoms. The fourth-order valence-electron chi connectivity index (χ4n) is 1.98. The van der Waals surface area contributed by atoms with Crippen LogP contribution in [0.15, 0.2) is 22.9 Å². The van der Waals surface area contributed by atoms with Crippen LogP contribution in [-0.4, -0.2) is 40.7 Å². The van der Waals surface area contributed by atoms with E-state index >= 15 is 0 Å². The second kappa shape index (κ2) is 5.74. The molecule has 0 radical (unpaired) electrons. The van der Waals surface area contributed by atoms with E-state index in [9.17, 15) is 14.4 Å². The Bertz CT molecular complexity index is 677. The molecule has 1 aliphatic rings. The third kappa shape index (κ3) is 3.17. The average molecular weight is 321 g/mol. The van der Waals surface area contributed by atoms with Crippen molar-refractivity contribution < 1.29 is 14.4 Å². The summed E-state index contributed by atoms with van der Waals surface area (Å²) in [6.07, 6.45) is 0.0996. The molecule has 2 aromatic rings. The van der Waals surface area contributed by atoms with E-state index < -0.39 is 11.8 Å². The van der Waals surface area contributed by atoms with Crippen LogP contribution in [0.5, 0.6) is 0 Å². The minimum Gasteiger partial charge on any atom is -0.324 e. The van der Waals surface area contributed by atoms with E-state index in [0.29, 0.717) is 5.69 Å². The van der Waals surface area contributed by atoms with E-state index in [0.717, 1.165) is 9.88 Å². The lowest BCUT2D eigenvalue weighted by Crippen LogP contribution is -2.53. The Labute approximate surface area is 128 Å². The summed E-state index contributed by atoms with van der Waals surface area (Å²) in [5.74, 6) is -1.16. The maximum Gasteiger partial charge on any atom is 0.246 e. The molecule has 1 fully saturated rings. The highest BCUT2D eigenvalue weighted by Crippen LogP contribution is 2.27. The number of aromatic nitrogens is 1. The number of nitrogens with zero attached hydrogens (tertiary/aromatic N) is 2. The van der Waals surface area contributed by atoms with Gasteiger partial charge in [-0.05, 0) is 11.4 Å². The van der Waals surface area contributed by atoms with E-state index in [1.54, 1.807) is 11.3 Å². The molecule has 3 amide bonds. The number of carbonyl (C=O) groups is 3. The van der Waals surface area contributed by atoms with E-state index in [1.165, 1.54) is 16.2 Å². The molecule has 21 heavy (non-hydrogen) atoms. The minimum atomic E-state index is -0.447. The topological polar surface area (TPSA) is 79.4 Å². The predicted octanol–water partition coefficient (Wildman–Crippen LogP) is 0.899. The monoisotopic (exact) mass is 321 g/mol. The number of rotatable bonds is 3. The Hall–Kier alpha value is -2.06. The third-order valence-corrected chi connectivity index (χ3v) is 4.85. The van der Waals surface area contributed by atoms with Gasteiger partial charge in [0.1, 0.15) is 18.1 Å². The van der Waals surface area contributed by atoms with Gasteiger partial charge >= 0.3 is 0 Å². The number of thiazole rings is 1. The van der Waals surface area contributed by atoms with Gasteiger partial charge in [0.05, 0.1) is 17.0 Å². The van der Waals surface area contributed by atoms with Crippen molar-refractivity contribution in [2.45, 2.75) is 6.42 Å². The molecule has 108 valence electrons. The molecule has 0 aliphatic carbocycles. The molecule has 0 unspecified atom stereocenters. The number of hydrogen-bond acceptors (Lipinski definition) is 6. The van der Waals surface area contributed by atoms with Gasteiger partial charge in [-0.1, -0.05) is 6.07 Å². The first-order valence-electron chi connectivity index (χ1n) is 6.20. The highest BCUT2D eigenvalue weighted by atomic mass is 32.1. The highest BCUT2D eigenvalue weighted by molar-refractivity contribution is 7.20. The van der Waals surface area contributed by atoms with Gasteiger partial charge in [0.25, 0.3) is 0 Å². The van der Waals surface area contributed by atoms with Gasteiger partial charge in [-0.15, -0.1) is 22.7 Å². The number of thiophene rings is 1. The molecule has 6 nitrogen and oxygen atoms in total. The summed E-state index contributed by atoms with van der Waals surface area (Å²) in [7, 11) is 0. The van der Waals surface area contributed by atoms with Crippen LogP contribution in [0.1, 0.15) is 5.69 Å². The van der Waals surface area contributed by atoms with Crippen molar-refractivity contribution in [2.75, 3.05) is 13.1 Å². The van der Waals surface area contributed by atoms with Crippen molar-refractivity contribution in [3.05, 3.63) is 28.6 Å². The van der Waals surface area contributed by atoms with E-state index in [-0.39, 0.29) is 25.4 Å². The van der Waals surface area contributed by atoms with Crippen molar-refractivity contribution in [3.8, 4) is 9.88 Å². The van der Waals surface area contributed by atoms with Crippen LogP contribution in [0.2, 0.25) is 0 Å². The van der Waals surface area contributed by atoms with Gasteiger partial charge in [0.2, 0.25) is 17.7 Å². The zero-order valence-corrected chi connectivity index (χ0v) is 12.5. The summed E-state index contributed by atoms with van der Waals surface area (Å²) in [5, 5.41) is 6.85. The molecule has 1 N–H and O–H groups in total. The SMILES string of the molecule is O=C1CN(C(=O)Cc2csc(-c3cccs3)n2)CC(=O)N1. The predicted molar refractivity (Wildman–Crippen MR) is 78.9 cm³/mol. The Balaban J connectivity index is 1.67. The summed E-state index contributed by atoms with van der Waals surface area (Å²) in [4.78, 5) is 41.4. The van der Waals surface area contributed by atoms with Gasteiger partial charge < -0.3 is 4.90 Å². The lowest BCUT2D eigenvalue weighted by molar-refractivity contribution is -0.145. The molecule has 3 heterocycles. The van der Waals surface area contributed by atoms with Crippen molar-refractivity contribution in [1.29, 1.82) is 0 Å². The average Bonchev–Trinajstić information content (AvgIpc) is 3.07. The number of hydrogen-bond donors (Lipinski definition) is 1. The van der Waals surface area contributed by atoms with Crippen LogP contribution in [-0.2, 0) is 20.8 Å². The van der Waals surface area contributed by atoms with Crippen LogP contribution in [0.25, 0.3) is 9.88 Å². The van der Waals surface area contributed by atoms with Gasteiger partial charge in [0.15, 0.2) is 0 Å². The highest BCUT2D eigenvalue weighted by Gasteiger charge is 2.26. The zero-order chi connectivity index (χ0) is 14.8. The van der Waals surface area contributed by atoms with Crippen molar-refractivity contribution in [3.63, 3.8) is 0 Å². The summed E-state index contributed by atoms with van der Waals surface area (Å²) >= 11 is 3.07. The third-order valence-electron chi connectivity index (χ3n) is 2.92. The van der Waals surface area contributed by atoms with Gasteiger partial charge in [0, 0.05) is 5.38 Å². The number of imide groups is 1. The van der Waals surface area contributed by atoms with Crippen molar-refractivity contribution >= 4 is 40.4 Å². The molecule has 1 aliphatic heterocycles. The molecule has 0 spiro atoms.